The number of piperazine rings is 1. The van der Waals surface area contributed by atoms with E-state index in [-0.39, 0.29) is 17.5 Å². The summed E-state index contributed by atoms with van der Waals surface area (Å²) < 4.78 is 13.4. The molecule has 1 fully saturated rings. The monoisotopic (exact) mass is 489 g/mol. The molecule has 0 radical (unpaired) electrons. The van der Waals surface area contributed by atoms with Crippen LogP contribution in [0.15, 0.2) is 85.5 Å². The lowest BCUT2D eigenvalue weighted by atomic mass is 10.0. The van der Waals surface area contributed by atoms with Crippen molar-refractivity contribution in [1.29, 1.82) is 0 Å². The van der Waals surface area contributed by atoms with Gasteiger partial charge in [0.25, 0.3) is 5.91 Å². The smallest absolute Gasteiger partial charge is 0.258 e. The molecule has 2 N–H and O–H groups in total. The largest absolute Gasteiger partial charge is 0.508 e. The molecule has 0 bridgehead atoms. The zero-order chi connectivity index (χ0) is 26.1. The lowest BCUT2D eigenvalue weighted by Gasteiger charge is -2.36. The van der Waals surface area contributed by atoms with E-state index in [4.69, 9.17) is 0 Å². The van der Waals surface area contributed by atoms with Crippen molar-refractivity contribution in [2.45, 2.75) is 32.4 Å². The third-order valence-corrected chi connectivity index (χ3v) is 6.25. The normalized spacial score (nSPS) is 17.6. The second-order valence-corrected chi connectivity index (χ2v) is 9.29. The lowest BCUT2D eigenvalue weighted by molar-refractivity contribution is 0.0993. The van der Waals surface area contributed by atoms with Crippen LogP contribution in [0.2, 0.25) is 0 Å². The van der Waals surface area contributed by atoms with Crippen LogP contribution in [-0.2, 0) is 6.42 Å². The Bertz CT molecular complexity index is 1170. The van der Waals surface area contributed by atoms with Gasteiger partial charge in [-0.3, -0.25) is 9.69 Å². The first-order valence-electron chi connectivity index (χ1n) is 12.3. The van der Waals surface area contributed by atoms with Gasteiger partial charge in [0, 0.05) is 50.0 Å². The van der Waals surface area contributed by atoms with E-state index in [9.17, 15) is 14.3 Å². The maximum Gasteiger partial charge on any atom is 0.258 e. The molecule has 0 saturated carbocycles. The van der Waals surface area contributed by atoms with Gasteiger partial charge >= 0.3 is 0 Å². The van der Waals surface area contributed by atoms with Crippen LogP contribution in [0.1, 0.15) is 35.3 Å². The van der Waals surface area contributed by atoms with Gasteiger partial charge in [-0.15, -0.1) is 6.58 Å². The van der Waals surface area contributed by atoms with Crippen LogP contribution in [-0.4, -0.2) is 54.7 Å². The van der Waals surface area contributed by atoms with Crippen molar-refractivity contribution in [3.63, 3.8) is 0 Å². The van der Waals surface area contributed by atoms with Crippen LogP contribution in [0.5, 0.6) is 5.75 Å². The van der Waals surface area contributed by atoms with Gasteiger partial charge < -0.3 is 15.3 Å². The fourth-order valence-electron chi connectivity index (χ4n) is 4.23. The van der Waals surface area contributed by atoms with Gasteiger partial charge in [-0.05, 0) is 73.9 Å². The molecule has 4 rings (SSSR count). The Morgan fingerprint density at radius 2 is 1.81 bits per heavy atom. The van der Waals surface area contributed by atoms with Crippen molar-refractivity contribution in [3.8, 4) is 5.75 Å². The summed E-state index contributed by atoms with van der Waals surface area (Å²) in [5, 5.41) is 13.0. The summed E-state index contributed by atoms with van der Waals surface area (Å²) >= 11 is 0. The summed E-state index contributed by atoms with van der Waals surface area (Å²) in [5.41, 5.74) is 2.96. The van der Waals surface area contributed by atoms with Gasteiger partial charge in [-0.1, -0.05) is 36.4 Å². The average molecular weight is 490 g/mol. The Kier molecular flexibility index (Phi) is 9.79. The summed E-state index contributed by atoms with van der Waals surface area (Å²) in [6.45, 7) is 11.5. The van der Waals surface area contributed by atoms with Crippen LogP contribution in [0.4, 0.5) is 10.1 Å². The van der Waals surface area contributed by atoms with E-state index in [1.165, 1.54) is 17.0 Å². The average Bonchev–Trinajstić information content (AvgIpc) is 2.86. The molecular formula is C30H36FN3O2. The zero-order valence-corrected chi connectivity index (χ0v) is 21.3. The van der Waals surface area contributed by atoms with Gasteiger partial charge in [0.2, 0.25) is 0 Å². The van der Waals surface area contributed by atoms with E-state index in [0.717, 1.165) is 30.8 Å². The first-order chi connectivity index (χ1) is 17.3. The summed E-state index contributed by atoms with van der Waals surface area (Å²) in [5.74, 6) is -0.367. The van der Waals surface area contributed by atoms with E-state index in [1.54, 1.807) is 43.4 Å². The number of carbonyl (C=O) groups excluding carboxylic acids is 1. The molecular weight excluding hydrogens is 453 g/mol. The number of phenols is 1. The first kappa shape index (κ1) is 27.1. The molecule has 1 saturated heterocycles. The Morgan fingerprint density at radius 3 is 2.50 bits per heavy atom. The maximum absolute atomic E-state index is 13.4. The minimum atomic E-state index is -0.380. The SMILES string of the molecule is C=CCN1C[C@H](C)NC[C@H]1C.CN(C(=O)c1cccc(Cc2cccc(O)c2)c1)c1cccc(F)c1. The molecule has 0 aliphatic carbocycles. The molecule has 1 heterocycles. The number of rotatable bonds is 6. The molecule has 36 heavy (non-hydrogen) atoms. The van der Waals surface area contributed by atoms with Crippen molar-refractivity contribution in [2.24, 2.45) is 0 Å². The van der Waals surface area contributed by atoms with Crippen LogP contribution in [0, 0.1) is 5.82 Å². The van der Waals surface area contributed by atoms with Crippen molar-refractivity contribution in [2.75, 3.05) is 31.6 Å². The number of hydrogen-bond donors (Lipinski definition) is 2. The summed E-state index contributed by atoms with van der Waals surface area (Å²) in [6, 6.07) is 21.6. The second kappa shape index (κ2) is 13.0. The van der Waals surface area contributed by atoms with Gasteiger partial charge in [-0.2, -0.15) is 0 Å². The number of halogens is 1. The van der Waals surface area contributed by atoms with Crippen molar-refractivity contribution >= 4 is 11.6 Å². The van der Waals surface area contributed by atoms with E-state index in [2.05, 4.69) is 30.6 Å². The van der Waals surface area contributed by atoms with Gasteiger partial charge in [0.15, 0.2) is 0 Å². The molecule has 5 nitrogen and oxygen atoms in total. The number of anilines is 1. The number of nitrogens with one attached hydrogen (secondary N) is 1. The van der Waals surface area contributed by atoms with Crippen LogP contribution < -0.4 is 10.2 Å². The Morgan fingerprint density at radius 1 is 1.11 bits per heavy atom. The summed E-state index contributed by atoms with van der Waals surface area (Å²) in [4.78, 5) is 16.6. The van der Waals surface area contributed by atoms with Gasteiger partial charge in [0.05, 0.1) is 0 Å². The minimum Gasteiger partial charge on any atom is -0.508 e. The molecule has 3 aromatic rings. The van der Waals surface area contributed by atoms with E-state index < -0.39 is 0 Å². The van der Waals surface area contributed by atoms with E-state index in [0.29, 0.717) is 29.8 Å². The molecule has 3 aromatic carbocycles. The lowest BCUT2D eigenvalue weighted by Crippen LogP contribution is -2.54. The number of phenolic OH excluding ortho intramolecular Hbond substituents is 1. The van der Waals surface area contributed by atoms with Crippen LogP contribution >= 0.6 is 0 Å². The predicted octanol–water partition coefficient (Wildman–Crippen LogP) is 5.25. The fourth-order valence-corrected chi connectivity index (χ4v) is 4.23. The molecule has 1 aliphatic heterocycles. The molecule has 190 valence electrons. The highest BCUT2D eigenvalue weighted by molar-refractivity contribution is 6.05. The number of carbonyl (C=O) groups is 1. The fraction of sp³-hybridized carbons (Fsp3) is 0.300. The molecule has 1 aliphatic rings. The topological polar surface area (TPSA) is 55.8 Å². The van der Waals surface area contributed by atoms with E-state index in [1.807, 2.05) is 30.3 Å². The second-order valence-electron chi connectivity index (χ2n) is 9.29. The van der Waals surface area contributed by atoms with Crippen molar-refractivity contribution in [3.05, 3.63) is 108 Å². The molecule has 0 spiro atoms. The van der Waals surface area contributed by atoms with Crippen LogP contribution in [0.3, 0.4) is 0 Å². The number of hydrogen-bond acceptors (Lipinski definition) is 4. The molecule has 0 unspecified atom stereocenters. The number of amides is 1. The Hall–Kier alpha value is -3.48. The highest BCUT2D eigenvalue weighted by Crippen LogP contribution is 2.19. The molecule has 2 atom stereocenters. The highest BCUT2D eigenvalue weighted by Gasteiger charge is 2.20. The summed E-state index contributed by atoms with van der Waals surface area (Å²) in [7, 11) is 1.62. The molecule has 1 amide bonds. The first-order valence-corrected chi connectivity index (χ1v) is 12.3. The molecule has 6 heteroatoms. The third kappa shape index (κ3) is 7.77. The summed E-state index contributed by atoms with van der Waals surface area (Å²) in [6.07, 6.45) is 2.59. The predicted molar refractivity (Wildman–Crippen MR) is 145 cm³/mol. The molecule has 0 aromatic heterocycles. The standard InChI is InChI=1S/C21H18FNO2.C9H18N2/c1-23(19-9-4-8-18(22)14-19)21(25)17-7-2-5-15(12-17)11-16-6-3-10-20(24)13-16;1-4-5-11-7-8(2)10-6-9(11)3/h2-10,12-14,24H,11H2,1H3;4,8-10H,1,5-7H2,2-3H3/t;8-,9+/m.0/s1. The Labute approximate surface area is 213 Å². The zero-order valence-electron chi connectivity index (χ0n) is 21.3. The van der Waals surface area contributed by atoms with Crippen molar-refractivity contribution in [1.82, 2.24) is 10.2 Å². The van der Waals surface area contributed by atoms with E-state index >= 15 is 0 Å². The third-order valence-electron chi connectivity index (χ3n) is 6.25. The number of nitrogens with zero attached hydrogens (tertiary/aromatic N) is 2. The van der Waals surface area contributed by atoms with Crippen LogP contribution in [0.25, 0.3) is 0 Å². The Balaban J connectivity index is 0.000000275. The van der Waals surface area contributed by atoms with Gasteiger partial charge in [0.1, 0.15) is 11.6 Å². The minimum absolute atomic E-state index is 0.205. The van der Waals surface area contributed by atoms with Crippen molar-refractivity contribution < 1.29 is 14.3 Å². The highest BCUT2D eigenvalue weighted by atomic mass is 19.1. The number of benzene rings is 3. The van der Waals surface area contributed by atoms with Gasteiger partial charge in [-0.25, -0.2) is 4.39 Å². The quantitative estimate of drug-likeness (QED) is 0.464. The maximum atomic E-state index is 13.4. The number of aromatic hydroxyl groups is 1.